The van der Waals surface area contributed by atoms with Crippen molar-refractivity contribution in [3.8, 4) is 11.5 Å². The van der Waals surface area contributed by atoms with Crippen molar-refractivity contribution < 1.29 is 19.7 Å². The first-order valence-electron chi connectivity index (χ1n) is 8.61. The van der Waals surface area contributed by atoms with Gasteiger partial charge in [0.05, 0.1) is 24.3 Å². The summed E-state index contributed by atoms with van der Waals surface area (Å²) >= 11 is 0. The number of carbonyl (C=O) groups is 1. The Morgan fingerprint density at radius 2 is 1.96 bits per heavy atom. The average Bonchev–Trinajstić information content (AvgIpc) is 2.62. The Labute approximate surface area is 153 Å². The third-order valence-electron chi connectivity index (χ3n) is 4.76. The molecule has 0 bridgehead atoms. The summed E-state index contributed by atoms with van der Waals surface area (Å²) < 4.78 is 5.98. The molecule has 3 rings (SSSR count). The predicted molar refractivity (Wildman–Crippen MR) is 98.3 cm³/mol. The van der Waals surface area contributed by atoms with E-state index in [9.17, 15) is 15.0 Å². The van der Waals surface area contributed by atoms with Crippen molar-refractivity contribution in [2.45, 2.75) is 12.1 Å². The SMILES string of the molecule is CN(C[C@@H]1OCCN(C)[C@H]1c1ccccc1)C(=O)c1ccc(O)cc1O. The Bertz CT molecular complexity index is 766. The highest BCUT2D eigenvalue weighted by molar-refractivity contribution is 5.96. The summed E-state index contributed by atoms with van der Waals surface area (Å²) in [6.45, 7) is 1.83. The molecule has 0 radical (unpaired) electrons. The third kappa shape index (κ3) is 3.81. The summed E-state index contributed by atoms with van der Waals surface area (Å²) in [7, 11) is 3.75. The van der Waals surface area contributed by atoms with Crippen LogP contribution in [0.5, 0.6) is 11.5 Å². The van der Waals surface area contributed by atoms with E-state index >= 15 is 0 Å². The van der Waals surface area contributed by atoms with Gasteiger partial charge in [0.25, 0.3) is 5.91 Å². The van der Waals surface area contributed by atoms with E-state index in [0.29, 0.717) is 13.2 Å². The van der Waals surface area contributed by atoms with Gasteiger partial charge in [-0.2, -0.15) is 0 Å². The number of likely N-dealkylation sites (N-methyl/N-ethyl adjacent to an activating group) is 2. The van der Waals surface area contributed by atoms with Crippen LogP contribution in [0.4, 0.5) is 0 Å². The second-order valence-electron chi connectivity index (χ2n) is 6.63. The third-order valence-corrected chi connectivity index (χ3v) is 4.76. The van der Waals surface area contributed by atoms with Gasteiger partial charge in [-0.3, -0.25) is 9.69 Å². The highest BCUT2D eigenvalue weighted by atomic mass is 16.5. The number of benzene rings is 2. The lowest BCUT2D eigenvalue weighted by Gasteiger charge is -2.40. The van der Waals surface area contributed by atoms with E-state index in [4.69, 9.17) is 4.74 Å². The van der Waals surface area contributed by atoms with Crippen LogP contribution in [0.15, 0.2) is 48.5 Å². The number of amides is 1. The first kappa shape index (κ1) is 18.2. The average molecular weight is 356 g/mol. The number of hydrogen-bond acceptors (Lipinski definition) is 5. The van der Waals surface area contributed by atoms with Crippen molar-refractivity contribution in [2.75, 3.05) is 33.8 Å². The molecule has 2 atom stereocenters. The molecular weight excluding hydrogens is 332 g/mol. The molecule has 6 nitrogen and oxygen atoms in total. The van der Waals surface area contributed by atoms with E-state index in [2.05, 4.69) is 24.1 Å². The number of morpholine rings is 1. The number of phenols is 2. The lowest BCUT2D eigenvalue weighted by molar-refractivity contribution is -0.0708. The van der Waals surface area contributed by atoms with E-state index in [1.54, 1.807) is 11.9 Å². The minimum atomic E-state index is -0.314. The molecule has 26 heavy (non-hydrogen) atoms. The Kier molecular flexibility index (Phi) is 5.44. The van der Waals surface area contributed by atoms with E-state index < -0.39 is 0 Å². The molecule has 1 aliphatic rings. The maximum absolute atomic E-state index is 12.7. The van der Waals surface area contributed by atoms with E-state index in [1.807, 2.05) is 18.2 Å². The fourth-order valence-electron chi connectivity index (χ4n) is 3.39. The fourth-order valence-corrected chi connectivity index (χ4v) is 3.39. The smallest absolute Gasteiger partial charge is 0.257 e. The van der Waals surface area contributed by atoms with Crippen LogP contribution in [0.25, 0.3) is 0 Å². The normalized spacial score (nSPS) is 20.7. The summed E-state index contributed by atoms with van der Waals surface area (Å²) in [5, 5.41) is 19.3. The number of ether oxygens (including phenoxy) is 1. The zero-order valence-electron chi connectivity index (χ0n) is 15.0. The van der Waals surface area contributed by atoms with Gasteiger partial charge in [0.2, 0.25) is 0 Å². The zero-order chi connectivity index (χ0) is 18.7. The molecule has 1 fully saturated rings. The summed E-state index contributed by atoms with van der Waals surface area (Å²) in [5.41, 5.74) is 1.30. The molecule has 0 aromatic heterocycles. The van der Waals surface area contributed by atoms with Crippen molar-refractivity contribution in [1.82, 2.24) is 9.80 Å². The van der Waals surface area contributed by atoms with Crippen LogP contribution in [0.2, 0.25) is 0 Å². The first-order valence-corrected chi connectivity index (χ1v) is 8.61. The molecule has 2 N–H and O–H groups in total. The minimum Gasteiger partial charge on any atom is -0.508 e. The Balaban J connectivity index is 1.78. The monoisotopic (exact) mass is 356 g/mol. The van der Waals surface area contributed by atoms with Crippen molar-refractivity contribution in [1.29, 1.82) is 0 Å². The van der Waals surface area contributed by atoms with Gasteiger partial charge in [-0.05, 0) is 24.7 Å². The Morgan fingerprint density at radius 3 is 2.65 bits per heavy atom. The number of carbonyl (C=O) groups excluding carboxylic acids is 1. The van der Waals surface area contributed by atoms with E-state index in [-0.39, 0.29) is 35.1 Å². The minimum absolute atomic E-state index is 0.0496. The number of aromatic hydroxyl groups is 2. The molecule has 138 valence electrons. The first-order chi connectivity index (χ1) is 12.5. The highest BCUT2D eigenvalue weighted by Gasteiger charge is 2.33. The van der Waals surface area contributed by atoms with Gasteiger partial charge in [-0.1, -0.05) is 30.3 Å². The van der Waals surface area contributed by atoms with Crippen LogP contribution in [0, 0.1) is 0 Å². The van der Waals surface area contributed by atoms with Gasteiger partial charge in [-0.15, -0.1) is 0 Å². The zero-order valence-corrected chi connectivity index (χ0v) is 15.0. The fraction of sp³-hybridized carbons (Fsp3) is 0.350. The van der Waals surface area contributed by atoms with Gasteiger partial charge in [-0.25, -0.2) is 0 Å². The van der Waals surface area contributed by atoms with Crippen LogP contribution in [-0.2, 0) is 4.74 Å². The second-order valence-corrected chi connectivity index (χ2v) is 6.63. The molecule has 1 aliphatic heterocycles. The quantitative estimate of drug-likeness (QED) is 0.879. The van der Waals surface area contributed by atoms with Crippen molar-refractivity contribution in [2.24, 2.45) is 0 Å². The summed E-state index contributed by atoms with van der Waals surface area (Å²) in [6, 6.07) is 14.1. The molecule has 0 saturated carbocycles. The largest absolute Gasteiger partial charge is 0.508 e. The van der Waals surface area contributed by atoms with Crippen LogP contribution >= 0.6 is 0 Å². The molecule has 2 aromatic carbocycles. The van der Waals surface area contributed by atoms with Gasteiger partial charge >= 0.3 is 0 Å². The van der Waals surface area contributed by atoms with E-state index in [0.717, 1.165) is 12.1 Å². The Morgan fingerprint density at radius 1 is 1.23 bits per heavy atom. The predicted octanol–water partition coefficient (Wildman–Crippen LogP) is 2.24. The molecule has 0 aliphatic carbocycles. The standard InChI is InChI=1S/C20H24N2O4/c1-21-10-11-26-18(19(21)14-6-4-3-5-7-14)13-22(2)20(25)16-9-8-15(23)12-17(16)24/h3-9,12,18-19,23-24H,10-11,13H2,1-2H3/t18-,19-/m0/s1. The summed E-state index contributed by atoms with van der Waals surface area (Å²) in [4.78, 5) is 16.5. The van der Waals surface area contributed by atoms with E-state index in [1.165, 1.54) is 18.2 Å². The van der Waals surface area contributed by atoms with Crippen molar-refractivity contribution >= 4 is 5.91 Å². The molecular formula is C20H24N2O4. The molecule has 0 unspecified atom stereocenters. The Hall–Kier alpha value is -2.57. The number of rotatable bonds is 4. The number of nitrogens with zero attached hydrogens (tertiary/aromatic N) is 2. The molecule has 0 spiro atoms. The number of phenolic OH excluding ortho intramolecular Hbond substituents is 2. The lowest BCUT2D eigenvalue weighted by atomic mass is 9.98. The van der Waals surface area contributed by atoms with Crippen LogP contribution < -0.4 is 0 Å². The van der Waals surface area contributed by atoms with Crippen LogP contribution in [-0.4, -0.2) is 65.8 Å². The van der Waals surface area contributed by atoms with Gasteiger partial charge in [0.15, 0.2) is 0 Å². The van der Waals surface area contributed by atoms with Crippen LogP contribution in [0.1, 0.15) is 22.0 Å². The maximum atomic E-state index is 12.7. The van der Waals surface area contributed by atoms with Crippen LogP contribution in [0.3, 0.4) is 0 Å². The second kappa shape index (κ2) is 7.76. The lowest BCUT2D eigenvalue weighted by Crippen LogP contribution is -2.48. The van der Waals surface area contributed by atoms with Gasteiger partial charge in [0.1, 0.15) is 11.5 Å². The molecule has 1 amide bonds. The van der Waals surface area contributed by atoms with Gasteiger partial charge < -0.3 is 19.8 Å². The summed E-state index contributed by atoms with van der Waals surface area (Å²) in [6.07, 6.45) is -0.177. The van der Waals surface area contributed by atoms with Crippen molar-refractivity contribution in [3.63, 3.8) is 0 Å². The number of hydrogen-bond donors (Lipinski definition) is 2. The highest BCUT2D eigenvalue weighted by Crippen LogP contribution is 2.29. The topological polar surface area (TPSA) is 73.2 Å². The van der Waals surface area contributed by atoms with Crippen molar-refractivity contribution in [3.05, 3.63) is 59.7 Å². The molecule has 1 heterocycles. The maximum Gasteiger partial charge on any atom is 0.257 e. The summed E-state index contributed by atoms with van der Waals surface area (Å²) in [5.74, 6) is -0.627. The molecule has 2 aromatic rings. The molecule has 1 saturated heterocycles. The van der Waals surface area contributed by atoms with Gasteiger partial charge in [0, 0.05) is 26.2 Å². The molecule has 6 heteroatoms.